The van der Waals surface area contributed by atoms with Crippen LogP contribution in [0.3, 0.4) is 0 Å². The van der Waals surface area contributed by atoms with Gasteiger partial charge in [-0.1, -0.05) is 48.0 Å². The predicted octanol–water partition coefficient (Wildman–Crippen LogP) is 3.10. The molecule has 2 aromatic carbocycles. The fourth-order valence-corrected chi connectivity index (χ4v) is 3.04. The van der Waals surface area contributed by atoms with Gasteiger partial charge < -0.3 is 15.7 Å². The molecule has 0 aliphatic rings. The highest BCUT2D eigenvalue weighted by molar-refractivity contribution is 6.34. The van der Waals surface area contributed by atoms with Crippen molar-refractivity contribution in [2.24, 2.45) is 7.05 Å². The van der Waals surface area contributed by atoms with Crippen LogP contribution in [0.1, 0.15) is 38.1 Å². The zero-order chi connectivity index (χ0) is 21.0. The molecule has 0 aliphatic carbocycles. The first kappa shape index (κ1) is 20.6. The topological polar surface area (TPSA) is 96.2 Å². The minimum Gasteiger partial charge on any atom is -0.387 e. The molecule has 7 nitrogen and oxygen atoms in total. The summed E-state index contributed by atoms with van der Waals surface area (Å²) >= 11 is 6.02. The first-order valence-electron chi connectivity index (χ1n) is 8.97. The molecule has 1 unspecified atom stereocenters. The molecule has 0 spiro atoms. The molecule has 0 saturated carbocycles. The summed E-state index contributed by atoms with van der Waals surface area (Å²) in [4.78, 5) is 24.9. The standard InChI is InChI=1S/C21H21ClN4O3/c1-13-8-9-15(20(28)23-11-18(27)14-6-4-3-5-7-14)10-17(13)24-21(29)19-16(22)12-26(2)25-19/h3-10,12,18,27H,11H2,1-2H3,(H,23,28)(H,24,29). The van der Waals surface area contributed by atoms with Crippen molar-refractivity contribution in [3.63, 3.8) is 0 Å². The molecular weight excluding hydrogens is 392 g/mol. The van der Waals surface area contributed by atoms with Crippen LogP contribution < -0.4 is 10.6 Å². The van der Waals surface area contributed by atoms with Crippen LogP contribution >= 0.6 is 11.6 Å². The van der Waals surface area contributed by atoms with Crippen molar-refractivity contribution >= 4 is 29.1 Å². The molecular formula is C21H21ClN4O3. The molecule has 1 heterocycles. The van der Waals surface area contributed by atoms with E-state index in [0.29, 0.717) is 11.3 Å². The lowest BCUT2D eigenvalue weighted by Gasteiger charge is -2.13. The van der Waals surface area contributed by atoms with Crippen molar-refractivity contribution in [2.75, 3.05) is 11.9 Å². The highest BCUT2D eigenvalue weighted by Gasteiger charge is 2.17. The Kier molecular flexibility index (Phi) is 6.31. The van der Waals surface area contributed by atoms with E-state index in [0.717, 1.165) is 11.1 Å². The van der Waals surface area contributed by atoms with Gasteiger partial charge in [0.2, 0.25) is 0 Å². The number of rotatable bonds is 6. The van der Waals surface area contributed by atoms with Gasteiger partial charge in [-0.25, -0.2) is 0 Å². The third kappa shape index (κ3) is 5.01. The number of nitrogens with one attached hydrogen (secondary N) is 2. The summed E-state index contributed by atoms with van der Waals surface area (Å²) in [5.41, 5.74) is 2.45. The number of aliphatic hydroxyl groups is 1. The van der Waals surface area contributed by atoms with E-state index in [4.69, 9.17) is 11.6 Å². The number of nitrogens with zero attached hydrogens (tertiary/aromatic N) is 2. The average molecular weight is 413 g/mol. The fraction of sp³-hybridized carbons (Fsp3) is 0.190. The number of anilines is 1. The fourth-order valence-electron chi connectivity index (χ4n) is 2.78. The highest BCUT2D eigenvalue weighted by atomic mass is 35.5. The maximum Gasteiger partial charge on any atom is 0.277 e. The van der Waals surface area contributed by atoms with Crippen molar-refractivity contribution in [1.82, 2.24) is 15.1 Å². The lowest BCUT2D eigenvalue weighted by molar-refractivity contribution is 0.0915. The van der Waals surface area contributed by atoms with Gasteiger partial charge >= 0.3 is 0 Å². The van der Waals surface area contributed by atoms with Gasteiger partial charge in [-0.15, -0.1) is 0 Å². The number of carbonyl (C=O) groups is 2. The Morgan fingerprint density at radius 3 is 2.55 bits per heavy atom. The molecule has 29 heavy (non-hydrogen) atoms. The van der Waals surface area contributed by atoms with E-state index in [1.807, 2.05) is 25.1 Å². The van der Waals surface area contributed by atoms with Crippen LogP contribution in [0.15, 0.2) is 54.7 Å². The Morgan fingerprint density at radius 1 is 1.17 bits per heavy atom. The van der Waals surface area contributed by atoms with Crippen molar-refractivity contribution in [3.05, 3.63) is 82.1 Å². The van der Waals surface area contributed by atoms with Crippen LogP contribution in [0.4, 0.5) is 5.69 Å². The molecule has 3 rings (SSSR count). The van der Waals surface area contributed by atoms with Gasteiger partial charge in [0.25, 0.3) is 11.8 Å². The first-order chi connectivity index (χ1) is 13.8. The molecule has 2 amide bonds. The average Bonchev–Trinajstić information content (AvgIpc) is 3.06. The number of aliphatic hydroxyl groups excluding tert-OH is 1. The summed E-state index contributed by atoms with van der Waals surface area (Å²) < 4.78 is 1.45. The molecule has 0 radical (unpaired) electrons. The van der Waals surface area contributed by atoms with E-state index < -0.39 is 12.0 Å². The smallest absolute Gasteiger partial charge is 0.277 e. The lowest BCUT2D eigenvalue weighted by atomic mass is 10.1. The number of carbonyl (C=O) groups excluding carboxylic acids is 2. The normalized spacial score (nSPS) is 11.7. The third-order valence-corrected chi connectivity index (χ3v) is 4.66. The molecule has 0 saturated heterocycles. The lowest BCUT2D eigenvalue weighted by Crippen LogP contribution is -2.28. The summed E-state index contributed by atoms with van der Waals surface area (Å²) in [7, 11) is 1.67. The van der Waals surface area contributed by atoms with Crippen LogP contribution in [0.5, 0.6) is 0 Å². The first-order valence-corrected chi connectivity index (χ1v) is 9.35. The monoisotopic (exact) mass is 412 g/mol. The second-order valence-corrected chi connectivity index (χ2v) is 7.03. The Hall–Kier alpha value is -3.16. The van der Waals surface area contributed by atoms with Gasteiger partial charge in [0.15, 0.2) is 5.69 Å². The van der Waals surface area contributed by atoms with Gasteiger partial charge in [0.05, 0.1) is 11.1 Å². The third-order valence-electron chi connectivity index (χ3n) is 4.39. The molecule has 1 aromatic heterocycles. The van der Waals surface area contributed by atoms with Crippen molar-refractivity contribution in [3.8, 4) is 0 Å². The number of amides is 2. The number of aromatic nitrogens is 2. The van der Waals surface area contributed by atoms with E-state index in [-0.39, 0.29) is 23.2 Å². The summed E-state index contributed by atoms with van der Waals surface area (Å²) in [5, 5.41) is 19.9. The van der Waals surface area contributed by atoms with Crippen LogP contribution in [0, 0.1) is 6.92 Å². The maximum atomic E-state index is 12.5. The Labute approximate surface area is 173 Å². The molecule has 3 N–H and O–H groups in total. The van der Waals surface area contributed by atoms with Crippen LogP contribution in [-0.4, -0.2) is 33.2 Å². The number of hydrogen-bond donors (Lipinski definition) is 3. The Bertz CT molecular complexity index is 1030. The summed E-state index contributed by atoms with van der Waals surface area (Å²) in [6.45, 7) is 1.89. The maximum absolute atomic E-state index is 12.5. The van der Waals surface area contributed by atoms with Crippen molar-refractivity contribution in [2.45, 2.75) is 13.0 Å². The summed E-state index contributed by atoms with van der Waals surface area (Å²) in [5.74, 6) is -0.817. The van der Waals surface area contributed by atoms with E-state index in [1.54, 1.807) is 37.4 Å². The molecule has 0 fully saturated rings. The van der Waals surface area contributed by atoms with Crippen LogP contribution in [0.2, 0.25) is 5.02 Å². The Balaban J connectivity index is 1.68. The largest absolute Gasteiger partial charge is 0.387 e. The molecule has 150 valence electrons. The van der Waals surface area contributed by atoms with E-state index in [9.17, 15) is 14.7 Å². The number of halogens is 1. The molecule has 8 heteroatoms. The van der Waals surface area contributed by atoms with Crippen LogP contribution in [0.25, 0.3) is 0 Å². The summed E-state index contributed by atoms with van der Waals surface area (Å²) in [6.07, 6.45) is 0.724. The zero-order valence-corrected chi connectivity index (χ0v) is 16.8. The van der Waals surface area contributed by atoms with E-state index >= 15 is 0 Å². The predicted molar refractivity (Wildman–Crippen MR) is 111 cm³/mol. The second kappa shape index (κ2) is 8.89. The number of hydrogen-bond acceptors (Lipinski definition) is 4. The van der Waals surface area contributed by atoms with Gasteiger partial charge in [-0.05, 0) is 30.2 Å². The Morgan fingerprint density at radius 2 is 1.90 bits per heavy atom. The van der Waals surface area contributed by atoms with Gasteiger partial charge in [0, 0.05) is 31.0 Å². The second-order valence-electron chi connectivity index (χ2n) is 6.62. The number of aryl methyl sites for hydroxylation is 2. The molecule has 0 aliphatic heterocycles. The van der Waals surface area contributed by atoms with Crippen molar-refractivity contribution in [1.29, 1.82) is 0 Å². The molecule has 1 atom stereocenters. The minimum atomic E-state index is -0.809. The van der Waals surface area contributed by atoms with Crippen LogP contribution in [-0.2, 0) is 7.05 Å². The van der Waals surface area contributed by atoms with Crippen molar-refractivity contribution < 1.29 is 14.7 Å². The highest BCUT2D eigenvalue weighted by Crippen LogP contribution is 2.20. The van der Waals surface area contributed by atoms with E-state index in [1.165, 1.54) is 10.9 Å². The zero-order valence-electron chi connectivity index (χ0n) is 16.0. The molecule has 0 bridgehead atoms. The molecule has 3 aromatic rings. The van der Waals surface area contributed by atoms with Gasteiger partial charge in [0.1, 0.15) is 0 Å². The van der Waals surface area contributed by atoms with Gasteiger partial charge in [-0.2, -0.15) is 5.10 Å². The quantitative estimate of drug-likeness (QED) is 0.579. The minimum absolute atomic E-state index is 0.0714. The SMILES string of the molecule is Cc1ccc(C(=O)NCC(O)c2ccccc2)cc1NC(=O)c1nn(C)cc1Cl. The number of benzene rings is 2. The van der Waals surface area contributed by atoms with Gasteiger partial charge in [-0.3, -0.25) is 14.3 Å². The summed E-state index contributed by atoms with van der Waals surface area (Å²) in [6, 6.07) is 14.1. The van der Waals surface area contributed by atoms with E-state index in [2.05, 4.69) is 15.7 Å².